The quantitative estimate of drug-likeness (QED) is 0.427. The number of fused-ring (bicyclic) bond motifs is 1. The number of hydrogen-bond acceptors (Lipinski definition) is 5. The number of carbonyl (C=O) groups excluding carboxylic acids is 1. The number of aromatic nitrogens is 4. The van der Waals surface area contributed by atoms with Gasteiger partial charge in [-0.1, -0.05) is 47.1 Å². The molecule has 2 aromatic heterocycles. The SMILES string of the molecule is CCOC(=O)c1cn(Cc2cn(Cc3ccccc3)nn2)c2cc(Cl)c(F)cc2c1=O. The Hall–Kier alpha value is -3.52. The average Bonchev–Trinajstić information content (AvgIpc) is 3.19. The van der Waals surface area contributed by atoms with Crippen molar-refractivity contribution < 1.29 is 13.9 Å². The summed E-state index contributed by atoms with van der Waals surface area (Å²) in [4.78, 5) is 25.0. The smallest absolute Gasteiger partial charge is 0.343 e. The Bertz CT molecular complexity index is 1320. The largest absolute Gasteiger partial charge is 0.462 e. The van der Waals surface area contributed by atoms with Crippen LogP contribution < -0.4 is 5.43 Å². The van der Waals surface area contributed by atoms with Crippen LogP contribution in [0.15, 0.2) is 59.7 Å². The first-order valence-corrected chi connectivity index (χ1v) is 9.96. The normalized spacial score (nSPS) is 11.1. The lowest BCUT2D eigenvalue weighted by Crippen LogP contribution is -2.21. The van der Waals surface area contributed by atoms with Gasteiger partial charge in [-0.15, -0.1) is 5.10 Å². The van der Waals surface area contributed by atoms with E-state index in [0.717, 1.165) is 11.6 Å². The number of rotatable bonds is 6. The number of hydrogen-bond donors (Lipinski definition) is 0. The van der Waals surface area contributed by atoms with Crippen LogP contribution in [0.3, 0.4) is 0 Å². The molecule has 2 heterocycles. The van der Waals surface area contributed by atoms with E-state index in [1.807, 2.05) is 30.3 Å². The van der Waals surface area contributed by atoms with Crippen molar-refractivity contribution in [3.05, 3.63) is 92.7 Å². The van der Waals surface area contributed by atoms with Crippen molar-refractivity contribution in [2.75, 3.05) is 6.61 Å². The Morgan fingerprint density at radius 3 is 2.68 bits per heavy atom. The summed E-state index contributed by atoms with van der Waals surface area (Å²) in [6.07, 6.45) is 3.15. The van der Waals surface area contributed by atoms with Crippen LogP contribution in [-0.2, 0) is 17.8 Å². The van der Waals surface area contributed by atoms with E-state index in [-0.39, 0.29) is 29.1 Å². The van der Waals surface area contributed by atoms with Crippen LogP contribution in [0.4, 0.5) is 4.39 Å². The van der Waals surface area contributed by atoms with Crippen LogP contribution in [0.1, 0.15) is 28.5 Å². The van der Waals surface area contributed by atoms with Gasteiger partial charge in [-0.05, 0) is 24.6 Å². The van der Waals surface area contributed by atoms with E-state index in [1.54, 1.807) is 22.4 Å². The molecule has 0 bridgehead atoms. The van der Waals surface area contributed by atoms with E-state index in [0.29, 0.717) is 17.8 Å². The standard InChI is InChI=1S/C22H18ClFN4O3/c1-2-31-22(30)17-13-27(20-9-18(23)19(24)8-16(20)21(17)29)11-15-12-28(26-25-15)10-14-6-4-3-5-7-14/h3-9,12-13H,2,10-11H2,1H3. The molecule has 0 saturated carbocycles. The van der Waals surface area contributed by atoms with Gasteiger partial charge in [0, 0.05) is 11.6 Å². The average molecular weight is 441 g/mol. The topological polar surface area (TPSA) is 79.0 Å². The van der Waals surface area contributed by atoms with Crippen LogP contribution >= 0.6 is 11.6 Å². The van der Waals surface area contributed by atoms with Gasteiger partial charge in [-0.2, -0.15) is 0 Å². The second kappa shape index (κ2) is 8.69. The molecule has 0 saturated heterocycles. The first-order chi connectivity index (χ1) is 15.0. The van der Waals surface area contributed by atoms with Crippen molar-refractivity contribution in [2.45, 2.75) is 20.0 Å². The Kier molecular flexibility index (Phi) is 5.81. The zero-order valence-corrected chi connectivity index (χ0v) is 17.3. The second-order valence-corrected chi connectivity index (χ2v) is 7.30. The Morgan fingerprint density at radius 1 is 1.16 bits per heavy atom. The number of nitrogens with zero attached hydrogens (tertiary/aromatic N) is 4. The first-order valence-electron chi connectivity index (χ1n) is 9.58. The molecule has 158 valence electrons. The van der Waals surface area contributed by atoms with E-state index >= 15 is 0 Å². The number of ether oxygens (including phenoxy) is 1. The molecule has 4 aromatic rings. The maximum absolute atomic E-state index is 14.1. The predicted molar refractivity (Wildman–Crippen MR) is 114 cm³/mol. The molecule has 0 atom stereocenters. The van der Waals surface area contributed by atoms with Crippen LogP contribution in [-0.4, -0.2) is 32.1 Å². The van der Waals surface area contributed by atoms with Gasteiger partial charge >= 0.3 is 5.97 Å². The molecule has 0 aliphatic heterocycles. The third kappa shape index (κ3) is 4.34. The van der Waals surface area contributed by atoms with E-state index in [2.05, 4.69) is 10.3 Å². The zero-order valence-electron chi connectivity index (χ0n) is 16.6. The summed E-state index contributed by atoms with van der Waals surface area (Å²) < 4.78 is 22.3. The van der Waals surface area contributed by atoms with Crippen LogP contribution in [0.2, 0.25) is 5.02 Å². The van der Waals surface area contributed by atoms with Crippen molar-refractivity contribution in [1.82, 2.24) is 19.6 Å². The summed E-state index contributed by atoms with van der Waals surface area (Å²) in [5.74, 6) is -1.51. The number of halogens is 2. The number of esters is 1. The highest BCUT2D eigenvalue weighted by molar-refractivity contribution is 6.31. The van der Waals surface area contributed by atoms with E-state index in [9.17, 15) is 14.0 Å². The lowest BCUT2D eigenvalue weighted by Gasteiger charge is -2.12. The van der Waals surface area contributed by atoms with Gasteiger partial charge < -0.3 is 9.30 Å². The molecule has 0 aliphatic rings. The Morgan fingerprint density at radius 2 is 1.94 bits per heavy atom. The van der Waals surface area contributed by atoms with Gasteiger partial charge in [0.15, 0.2) is 0 Å². The first kappa shape index (κ1) is 20.7. The van der Waals surface area contributed by atoms with Gasteiger partial charge in [0.25, 0.3) is 0 Å². The molecular weight excluding hydrogens is 423 g/mol. The molecule has 0 fully saturated rings. The molecule has 2 aromatic carbocycles. The molecule has 0 N–H and O–H groups in total. The second-order valence-electron chi connectivity index (χ2n) is 6.90. The van der Waals surface area contributed by atoms with Gasteiger partial charge in [0.2, 0.25) is 5.43 Å². The van der Waals surface area contributed by atoms with Crippen LogP contribution in [0, 0.1) is 5.82 Å². The summed E-state index contributed by atoms with van der Waals surface area (Å²) in [6, 6.07) is 12.2. The maximum atomic E-state index is 14.1. The summed E-state index contributed by atoms with van der Waals surface area (Å²) in [5, 5.41) is 8.22. The highest BCUT2D eigenvalue weighted by atomic mass is 35.5. The highest BCUT2D eigenvalue weighted by Crippen LogP contribution is 2.22. The molecular formula is C22H18ClFN4O3. The fourth-order valence-electron chi connectivity index (χ4n) is 3.30. The number of benzene rings is 2. The van der Waals surface area contributed by atoms with Crippen molar-refractivity contribution in [3.8, 4) is 0 Å². The highest BCUT2D eigenvalue weighted by Gasteiger charge is 2.19. The molecule has 7 nitrogen and oxygen atoms in total. The molecule has 31 heavy (non-hydrogen) atoms. The summed E-state index contributed by atoms with van der Waals surface area (Å²) in [7, 11) is 0. The lowest BCUT2D eigenvalue weighted by atomic mass is 10.1. The third-order valence-electron chi connectivity index (χ3n) is 4.72. The fourth-order valence-corrected chi connectivity index (χ4v) is 3.46. The van der Waals surface area contributed by atoms with E-state index in [1.165, 1.54) is 12.3 Å². The minimum atomic E-state index is -0.772. The molecule has 9 heteroatoms. The fraction of sp³-hybridized carbons (Fsp3) is 0.182. The molecule has 0 unspecified atom stereocenters. The minimum absolute atomic E-state index is 0.0316. The summed E-state index contributed by atoms with van der Waals surface area (Å²) in [6.45, 7) is 2.49. The number of pyridine rings is 1. The van der Waals surface area contributed by atoms with Gasteiger partial charge in [-0.25, -0.2) is 13.9 Å². The number of carbonyl (C=O) groups is 1. The van der Waals surface area contributed by atoms with Crippen LogP contribution in [0.5, 0.6) is 0 Å². The molecule has 0 spiro atoms. The Labute approximate surface area is 181 Å². The summed E-state index contributed by atoms with van der Waals surface area (Å²) in [5.41, 5.74) is 1.23. The van der Waals surface area contributed by atoms with E-state index in [4.69, 9.17) is 16.3 Å². The predicted octanol–water partition coefficient (Wildman–Crippen LogP) is 3.66. The minimum Gasteiger partial charge on any atom is -0.462 e. The summed E-state index contributed by atoms with van der Waals surface area (Å²) >= 11 is 5.95. The molecule has 0 radical (unpaired) electrons. The van der Waals surface area contributed by atoms with E-state index < -0.39 is 17.2 Å². The van der Waals surface area contributed by atoms with Crippen molar-refractivity contribution >= 4 is 28.5 Å². The van der Waals surface area contributed by atoms with Crippen LogP contribution in [0.25, 0.3) is 10.9 Å². The molecule has 0 aliphatic carbocycles. The van der Waals surface area contributed by atoms with Gasteiger partial charge in [0.05, 0.1) is 36.4 Å². The molecule has 4 rings (SSSR count). The van der Waals surface area contributed by atoms with Crippen molar-refractivity contribution in [1.29, 1.82) is 0 Å². The van der Waals surface area contributed by atoms with Crippen molar-refractivity contribution in [2.24, 2.45) is 0 Å². The molecule has 0 amide bonds. The maximum Gasteiger partial charge on any atom is 0.343 e. The zero-order chi connectivity index (χ0) is 22.0. The third-order valence-corrected chi connectivity index (χ3v) is 5.01. The van der Waals surface area contributed by atoms with Gasteiger partial charge in [0.1, 0.15) is 17.1 Å². The van der Waals surface area contributed by atoms with Crippen molar-refractivity contribution in [3.63, 3.8) is 0 Å². The lowest BCUT2D eigenvalue weighted by molar-refractivity contribution is 0.0524. The Balaban J connectivity index is 1.74. The monoisotopic (exact) mass is 440 g/mol. The van der Waals surface area contributed by atoms with Gasteiger partial charge in [-0.3, -0.25) is 4.79 Å².